The van der Waals surface area contributed by atoms with Gasteiger partial charge >= 0.3 is 0 Å². The van der Waals surface area contributed by atoms with E-state index in [2.05, 4.69) is 15.6 Å². The van der Waals surface area contributed by atoms with E-state index in [4.69, 9.17) is 16.0 Å². The molecule has 1 aliphatic rings. The maximum atomic E-state index is 12.0. The molecule has 8 heteroatoms. The van der Waals surface area contributed by atoms with Crippen LogP contribution in [-0.2, 0) is 11.2 Å². The summed E-state index contributed by atoms with van der Waals surface area (Å²) in [4.78, 5) is 27.5. The molecule has 0 spiro atoms. The Labute approximate surface area is 149 Å². The number of nitrogens with zero attached hydrogens (tertiary/aromatic N) is 1. The van der Waals surface area contributed by atoms with Crippen molar-refractivity contribution in [1.29, 1.82) is 0 Å². The van der Waals surface area contributed by atoms with E-state index in [0.29, 0.717) is 25.7 Å². The largest absolute Gasteiger partial charge is 0.506 e. The Balaban J connectivity index is 1.36. The number of aromatic hydroxyl groups is 1. The number of oxazole rings is 1. The lowest BCUT2D eigenvalue weighted by Gasteiger charge is -2.36. The molecule has 0 bridgehead atoms. The lowest BCUT2D eigenvalue weighted by molar-refractivity contribution is -0.122. The molecule has 3 rings (SSSR count). The quantitative estimate of drug-likeness (QED) is 0.728. The molecule has 132 valence electrons. The third-order valence-corrected chi connectivity index (χ3v) is 4.45. The van der Waals surface area contributed by atoms with Crippen LogP contribution in [-0.4, -0.2) is 34.0 Å². The first-order valence-corrected chi connectivity index (χ1v) is 8.35. The van der Waals surface area contributed by atoms with Crippen molar-refractivity contribution in [3.05, 3.63) is 47.1 Å². The molecule has 0 unspecified atom stereocenters. The third-order valence-electron chi connectivity index (χ3n) is 4.15. The van der Waals surface area contributed by atoms with Gasteiger partial charge in [-0.25, -0.2) is 4.98 Å². The number of phenolic OH excluding ortho intramolecular Hbond substituents is 1. The number of aromatic nitrogens is 1. The number of hydrogen-bond acceptors (Lipinski definition) is 5. The smallest absolute Gasteiger partial charge is 0.288 e. The minimum atomic E-state index is -0.295. The molecule has 1 heterocycles. The summed E-state index contributed by atoms with van der Waals surface area (Å²) < 4.78 is 4.93. The minimum absolute atomic E-state index is 0.0267. The van der Waals surface area contributed by atoms with Gasteiger partial charge in [0.2, 0.25) is 11.7 Å². The summed E-state index contributed by atoms with van der Waals surface area (Å²) in [5.41, 5.74) is 0.892. The van der Waals surface area contributed by atoms with Gasteiger partial charge in [-0.1, -0.05) is 17.7 Å². The Morgan fingerprint density at radius 2 is 2.04 bits per heavy atom. The average Bonchev–Trinajstić information content (AvgIpc) is 3.08. The van der Waals surface area contributed by atoms with E-state index in [1.54, 1.807) is 12.1 Å². The third kappa shape index (κ3) is 4.51. The first-order chi connectivity index (χ1) is 12.0. The lowest BCUT2D eigenvalue weighted by atomic mass is 9.86. The molecular formula is C17H18ClN3O4. The van der Waals surface area contributed by atoms with Crippen molar-refractivity contribution in [3.63, 3.8) is 0 Å². The van der Waals surface area contributed by atoms with E-state index >= 15 is 0 Å². The summed E-state index contributed by atoms with van der Waals surface area (Å²) in [5.74, 6) is -0.131. The molecule has 0 radical (unpaired) electrons. The van der Waals surface area contributed by atoms with Crippen LogP contribution in [0.15, 0.2) is 35.2 Å². The van der Waals surface area contributed by atoms with E-state index in [-0.39, 0.29) is 40.4 Å². The second kappa shape index (κ2) is 7.57. The molecule has 3 N–H and O–H groups in total. The van der Waals surface area contributed by atoms with Gasteiger partial charge in [-0.05, 0) is 37.0 Å². The van der Waals surface area contributed by atoms with Crippen LogP contribution in [0.5, 0.6) is 5.75 Å². The Kier molecular flexibility index (Phi) is 5.23. The molecule has 2 aromatic rings. The number of aryl methyl sites for hydroxylation is 1. The van der Waals surface area contributed by atoms with Crippen molar-refractivity contribution in [3.8, 4) is 5.75 Å². The van der Waals surface area contributed by atoms with E-state index in [1.165, 1.54) is 18.7 Å². The minimum Gasteiger partial charge on any atom is -0.506 e. The van der Waals surface area contributed by atoms with Gasteiger partial charge in [0, 0.05) is 18.5 Å². The predicted molar refractivity (Wildman–Crippen MR) is 90.4 cm³/mol. The van der Waals surface area contributed by atoms with Gasteiger partial charge in [0.25, 0.3) is 5.91 Å². The molecule has 7 nitrogen and oxygen atoms in total. The molecule has 0 saturated heterocycles. The number of rotatable bonds is 6. The number of carbonyl (C=O) groups excluding carboxylic acids is 2. The topological polar surface area (TPSA) is 104 Å². The molecule has 1 aromatic carbocycles. The molecular weight excluding hydrogens is 346 g/mol. The molecule has 0 atom stereocenters. The van der Waals surface area contributed by atoms with E-state index < -0.39 is 0 Å². The number of hydrogen-bond donors (Lipinski definition) is 3. The standard InChI is InChI=1S/C17H18ClN3O4/c18-13-5-10(1-3-14(13)22)2-4-16(23)20-11-6-12(7-11)21-17(24)15-8-19-9-25-15/h1,3,5,8-9,11-12,22H,2,4,6-7H2,(H,20,23)(H,21,24). The van der Waals surface area contributed by atoms with E-state index in [0.717, 1.165) is 5.56 Å². The van der Waals surface area contributed by atoms with Crippen LogP contribution in [0, 0.1) is 0 Å². The average molecular weight is 364 g/mol. The fraction of sp³-hybridized carbons (Fsp3) is 0.353. The SMILES string of the molecule is O=C(CCc1ccc(O)c(Cl)c1)NC1CC(NC(=O)c2cnco2)C1. The zero-order chi connectivity index (χ0) is 17.8. The Bertz CT molecular complexity index is 757. The van der Waals surface area contributed by atoms with Crippen LogP contribution in [0.4, 0.5) is 0 Å². The molecule has 1 aromatic heterocycles. The zero-order valence-corrected chi connectivity index (χ0v) is 14.1. The Hall–Kier alpha value is -2.54. The number of nitrogens with one attached hydrogen (secondary N) is 2. The Morgan fingerprint density at radius 3 is 2.72 bits per heavy atom. The second-order valence-corrected chi connectivity index (χ2v) is 6.46. The molecule has 1 aliphatic carbocycles. The van der Waals surface area contributed by atoms with Crippen LogP contribution < -0.4 is 10.6 Å². The highest BCUT2D eigenvalue weighted by atomic mass is 35.5. The number of benzene rings is 1. The van der Waals surface area contributed by atoms with Crippen LogP contribution in [0.1, 0.15) is 35.4 Å². The van der Waals surface area contributed by atoms with Gasteiger partial charge < -0.3 is 20.2 Å². The number of halogens is 1. The number of phenols is 1. The Morgan fingerprint density at radius 1 is 1.28 bits per heavy atom. The molecule has 25 heavy (non-hydrogen) atoms. The van der Waals surface area contributed by atoms with E-state index in [1.807, 2.05) is 0 Å². The normalized spacial score (nSPS) is 19.1. The molecule has 2 amide bonds. The highest BCUT2D eigenvalue weighted by Gasteiger charge is 2.31. The van der Waals surface area contributed by atoms with Gasteiger partial charge in [-0.3, -0.25) is 9.59 Å². The van der Waals surface area contributed by atoms with Gasteiger partial charge in [0.1, 0.15) is 5.75 Å². The summed E-state index contributed by atoms with van der Waals surface area (Å²) >= 11 is 5.84. The maximum Gasteiger partial charge on any atom is 0.288 e. The molecule has 0 aliphatic heterocycles. The van der Waals surface area contributed by atoms with Crippen LogP contribution in [0.3, 0.4) is 0 Å². The van der Waals surface area contributed by atoms with Crippen molar-refractivity contribution in [2.75, 3.05) is 0 Å². The van der Waals surface area contributed by atoms with E-state index in [9.17, 15) is 14.7 Å². The van der Waals surface area contributed by atoms with Gasteiger partial charge in [-0.15, -0.1) is 0 Å². The fourth-order valence-corrected chi connectivity index (χ4v) is 2.90. The summed E-state index contributed by atoms with van der Waals surface area (Å²) in [6.07, 6.45) is 4.84. The van der Waals surface area contributed by atoms with Gasteiger partial charge in [-0.2, -0.15) is 0 Å². The lowest BCUT2D eigenvalue weighted by Crippen LogP contribution is -2.53. The molecule has 1 saturated carbocycles. The van der Waals surface area contributed by atoms with Crippen molar-refractivity contribution in [1.82, 2.24) is 15.6 Å². The first kappa shape index (κ1) is 17.3. The van der Waals surface area contributed by atoms with Crippen LogP contribution >= 0.6 is 11.6 Å². The summed E-state index contributed by atoms with van der Waals surface area (Å²) in [5, 5.41) is 15.4. The van der Waals surface area contributed by atoms with Gasteiger partial charge in [0.05, 0.1) is 11.2 Å². The van der Waals surface area contributed by atoms with Crippen molar-refractivity contribution in [2.24, 2.45) is 0 Å². The second-order valence-electron chi connectivity index (χ2n) is 6.06. The van der Waals surface area contributed by atoms with Crippen LogP contribution in [0.25, 0.3) is 0 Å². The summed E-state index contributed by atoms with van der Waals surface area (Å²) in [6.45, 7) is 0. The monoisotopic (exact) mass is 363 g/mol. The van der Waals surface area contributed by atoms with Crippen molar-refractivity contribution < 1.29 is 19.1 Å². The predicted octanol–water partition coefficient (Wildman–Crippen LogP) is 2.04. The van der Waals surface area contributed by atoms with Gasteiger partial charge in [0.15, 0.2) is 6.39 Å². The number of carbonyl (C=O) groups is 2. The highest BCUT2D eigenvalue weighted by Crippen LogP contribution is 2.24. The van der Waals surface area contributed by atoms with Crippen molar-refractivity contribution in [2.45, 2.75) is 37.8 Å². The highest BCUT2D eigenvalue weighted by molar-refractivity contribution is 6.32. The number of amides is 2. The fourth-order valence-electron chi connectivity index (χ4n) is 2.70. The molecule has 1 fully saturated rings. The maximum absolute atomic E-state index is 12.0. The summed E-state index contributed by atoms with van der Waals surface area (Å²) in [7, 11) is 0. The van der Waals surface area contributed by atoms with Crippen molar-refractivity contribution >= 4 is 23.4 Å². The van der Waals surface area contributed by atoms with Crippen LogP contribution in [0.2, 0.25) is 5.02 Å². The zero-order valence-electron chi connectivity index (χ0n) is 13.4. The summed E-state index contributed by atoms with van der Waals surface area (Å²) in [6, 6.07) is 5.01. The first-order valence-electron chi connectivity index (χ1n) is 7.97.